The number of carbonyl (C=O) groups excluding carboxylic acids is 1. The molecule has 0 atom stereocenters. The van der Waals surface area contributed by atoms with Crippen molar-refractivity contribution in [2.45, 2.75) is 25.2 Å². The lowest BCUT2D eigenvalue weighted by molar-refractivity contribution is -0.115. The lowest BCUT2D eigenvalue weighted by atomic mass is 10.0. The smallest absolute Gasteiger partial charge is 0.241 e. The summed E-state index contributed by atoms with van der Waals surface area (Å²) in [4.78, 5) is 11.9. The fourth-order valence-electron chi connectivity index (χ4n) is 2.26. The lowest BCUT2D eigenvalue weighted by Gasteiger charge is -2.09. The van der Waals surface area contributed by atoms with Crippen LogP contribution in [0.4, 0.5) is 10.1 Å². The Kier molecular flexibility index (Phi) is 6.27. The Morgan fingerprint density at radius 1 is 1.04 bits per heavy atom. The van der Waals surface area contributed by atoms with Crippen molar-refractivity contribution >= 4 is 21.6 Å². The molecule has 25 heavy (non-hydrogen) atoms. The Morgan fingerprint density at radius 2 is 1.64 bits per heavy atom. The zero-order valence-electron chi connectivity index (χ0n) is 14.1. The summed E-state index contributed by atoms with van der Waals surface area (Å²) in [6.45, 7) is 3.77. The number of benzene rings is 2. The molecular formula is C18H21FN2O3S. The van der Waals surface area contributed by atoms with Crippen LogP contribution < -0.4 is 10.0 Å². The maximum absolute atomic E-state index is 12.8. The van der Waals surface area contributed by atoms with Crippen LogP contribution in [0.15, 0.2) is 53.4 Å². The summed E-state index contributed by atoms with van der Waals surface area (Å²) in [6, 6.07) is 11.8. The first-order valence-electron chi connectivity index (χ1n) is 7.90. The Bertz CT molecular complexity index is 816. The van der Waals surface area contributed by atoms with Crippen LogP contribution >= 0.6 is 0 Å². The van der Waals surface area contributed by atoms with Crippen molar-refractivity contribution in [3.8, 4) is 0 Å². The second-order valence-electron chi connectivity index (χ2n) is 6.12. The minimum absolute atomic E-state index is 0.106. The predicted molar refractivity (Wildman–Crippen MR) is 95.2 cm³/mol. The fourth-order valence-corrected chi connectivity index (χ4v) is 3.24. The second kappa shape index (κ2) is 8.22. The predicted octanol–water partition coefficient (Wildman–Crippen LogP) is 2.94. The number of rotatable bonds is 7. The third-order valence-corrected chi connectivity index (χ3v) is 4.85. The summed E-state index contributed by atoms with van der Waals surface area (Å²) in [5.74, 6) is -0.470. The lowest BCUT2D eigenvalue weighted by Crippen LogP contribution is -2.32. The number of halogens is 1. The van der Waals surface area contributed by atoms with E-state index in [4.69, 9.17) is 0 Å². The summed E-state index contributed by atoms with van der Waals surface area (Å²) < 4.78 is 39.5. The molecular weight excluding hydrogens is 343 g/mol. The van der Waals surface area contributed by atoms with Gasteiger partial charge in [-0.3, -0.25) is 4.79 Å². The topological polar surface area (TPSA) is 75.3 Å². The fraction of sp³-hybridized carbons (Fsp3) is 0.278. The molecule has 0 unspecified atom stereocenters. The van der Waals surface area contributed by atoms with Gasteiger partial charge < -0.3 is 5.32 Å². The SMILES string of the molecule is CC(C)Cc1ccc(S(=O)(=O)NCC(=O)Nc2ccc(F)cc2)cc1. The first-order valence-corrected chi connectivity index (χ1v) is 9.38. The maximum Gasteiger partial charge on any atom is 0.241 e. The van der Waals surface area contributed by atoms with Crippen LogP contribution in [0.5, 0.6) is 0 Å². The molecule has 2 N–H and O–H groups in total. The van der Waals surface area contributed by atoms with Crippen LogP contribution in [0.2, 0.25) is 0 Å². The van der Waals surface area contributed by atoms with Crippen molar-refractivity contribution in [2.75, 3.05) is 11.9 Å². The van der Waals surface area contributed by atoms with E-state index in [2.05, 4.69) is 23.9 Å². The molecule has 7 heteroatoms. The number of sulfonamides is 1. The zero-order valence-corrected chi connectivity index (χ0v) is 14.9. The summed E-state index contributed by atoms with van der Waals surface area (Å²) in [5.41, 5.74) is 1.45. The Balaban J connectivity index is 1.94. The van der Waals surface area contributed by atoms with Crippen LogP contribution in [0.1, 0.15) is 19.4 Å². The number of amides is 1. The van der Waals surface area contributed by atoms with E-state index in [-0.39, 0.29) is 4.90 Å². The quantitative estimate of drug-likeness (QED) is 0.793. The molecule has 0 fully saturated rings. The van der Waals surface area contributed by atoms with Gasteiger partial charge in [0.1, 0.15) is 5.82 Å². The summed E-state index contributed by atoms with van der Waals surface area (Å²) >= 11 is 0. The van der Waals surface area contributed by atoms with E-state index < -0.39 is 28.3 Å². The summed E-state index contributed by atoms with van der Waals surface area (Å²) in [5, 5.41) is 2.49. The molecule has 0 aliphatic carbocycles. The largest absolute Gasteiger partial charge is 0.325 e. The van der Waals surface area contributed by atoms with Gasteiger partial charge in [0, 0.05) is 5.69 Å². The molecule has 0 saturated heterocycles. The van der Waals surface area contributed by atoms with Crippen LogP contribution in [-0.4, -0.2) is 20.9 Å². The third kappa shape index (κ3) is 5.95. The van der Waals surface area contributed by atoms with Crippen molar-refractivity contribution in [3.63, 3.8) is 0 Å². The van der Waals surface area contributed by atoms with E-state index in [1.165, 1.54) is 36.4 Å². The molecule has 2 rings (SSSR count). The molecule has 134 valence electrons. The van der Waals surface area contributed by atoms with Gasteiger partial charge in [-0.15, -0.1) is 0 Å². The van der Waals surface area contributed by atoms with Gasteiger partial charge in [-0.25, -0.2) is 17.5 Å². The number of anilines is 1. The van der Waals surface area contributed by atoms with Crippen LogP contribution in [0, 0.1) is 11.7 Å². The highest BCUT2D eigenvalue weighted by atomic mass is 32.2. The third-order valence-electron chi connectivity index (χ3n) is 3.43. The summed E-state index contributed by atoms with van der Waals surface area (Å²) in [6.07, 6.45) is 0.869. The molecule has 1 amide bonds. The van der Waals surface area contributed by atoms with Gasteiger partial charge >= 0.3 is 0 Å². The monoisotopic (exact) mass is 364 g/mol. The minimum Gasteiger partial charge on any atom is -0.325 e. The highest BCUT2D eigenvalue weighted by molar-refractivity contribution is 7.89. The van der Waals surface area contributed by atoms with Crippen molar-refractivity contribution in [1.82, 2.24) is 4.72 Å². The van der Waals surface area contributed by atoms with Crippen molar-refractivity contribution in [2.24, 2.45) is 5.92 Å². The van der Waals surface area contributed by atoms with Crippen LogP contribution in [-0.2, 0) is 21.2 Å². The first-order chi connectivity index (χ1) is 11.8. The first kappa shape index (κ1) is 19.1. The zero-order chi connectivity index (χ0) is 18.4. The highest BCUT2D eigenvalue weighted by Crippen LogP contribution is 2.13. The van der Waals surface area contributed by atoms with E-state index in [0.29, 0.717) is 11.6 Å². The van der Waals surface area contributed by atoms with E-state index >= 15 is 0 Å². The maximum atomic E-state index is 12.8. The molecule has 0 heterocycles. The van der Waals surface area contributed by atoms with Gasteiger partial charge in [0.25, 0.3) is 0 Å². The molecule has 5 nitrogen and oxygen atoms in total. The molecule has 0 aromatic heterocycles. The molecule has 0 aliphatic rings. The Labute approximate surface area is 147 Å². The Morgan fingerprint density at radius 3 is 2.20 bits per heavy atom. The molecule has 2 aromatic rings. The molecule has 0 saturated carbocycles. The normalized spacial score (nSPS) is 11.5. The minimum atomic E-state index is -3.77. The van der Waals surface area contributed by atoms with E-state index in [0.717, 1.165) is 12.0 Å². The summed E-state index contributed by atoms with van der Waals surface area (Å²) in [7, 11) is -3.77. The van der Waals surface area contributed by atoms with Crippen molar-refractivity contribution in [1.29, 1.82) is 0 Å². The van der Waals surface area contributed by atoms with Gasteiger partial charge in [0.05, 0.1) is 11.4 Å². The van der Waals surface area contributed by atoms with E-state index in [1.807, 2.05) is 0 Å². The molecule has 0 spiro atoms. The van der Waals surface area contributed by atoms with Gasteiger partial charge in [0.15, 0.2) is 0 Å². The average Bonchev–Trinajstić information content (AvgIpc) is 2.55. The van der Waals surface area contributed by atoms with Crippen molar-refractivity contribution in [3.05, 3.63) is 59.9 Å². The van der Waals surface area contributed by atoms with Gasteiger partial charge in [-0.2, -0.15) is 0 Å². The van der Waals surface area contributed by atoms with Gasteiger partial charge in [-0.1, -0.05) is 26.0 Å². The molecule has 0 aliphatic heterocycles. The standard InChI is InChI=1S/C18H21FN2O3S/c1-13(2)11-14-3-9-17(10-4-14)25(23,24)20-12-18(22)21-16-7-5-15(19)6-8-16/h3-10,13,20H,11-12H2,1-2H3,(H,21,22). The number of hydrogen-bond donors (Lipinski definition) is 2. The van der Waals surface area contributed by atoms with Crippen LogP contribution in [0.3, 0.4) is 0 Å². The van der Waals surface area contributed by atoms with Crippen molar-refractivity contribution < 1.29 is 17.6 Å². The average molecular weight is 364 g/mol. The number of hydrogen-bond acceptors (Lipinski definition) is 3. The van der Waals surface area contributed by atoms with E-state index in [1.54, 1.807) is 12.1 Å². The van der Waals surface area contributed by atoms with Gasteiger partial charge in [-0.05, 0) is 54.3 Å². The number of carbonyl (C=O) groups is 1. The molecule has 0 radical (unpaired) electrons. The molecule has 0 bridgehead atoms. The second-order valence-corrected chi connectivity index (χ2v) is 7.89. The van der Waals surface area contributed by atoms with Gasteiger partial charge in [0.2, 0.25) is 15.9 Å². The van der Waals surface area contributed by atoms with E-state index in [9.17, 15) is 17.6 Å². The van der Waals surface area contributed by atoms with Crippen LogP contribution in [0.25, 0.3) is 0 Å². The molecule has 2 aromatic carbocycles. The highest BCUT2D eigenvalue weighted by Gasteiger charge is 2.15. The number of nitrogens with one attached hydrogen (secondary N) is 2. The Hall–Kier alpha value is -2.25.